The first kappa shape index (κ1) is 6.88. The SMILES string of the molecule is O[n+]1ccc(Cl)c2sccc21. The van der Waals surface area contributed by atoms with Gasteiger partial charge in [-0.3, -0.25) is 5.21 Å². The summed E-state index contributed by atoms with van der Waals surface area (Å²) in [5, 5.41) is 11.8. The van der Waals surface area contributed by atoms with Gasteiger partial charge in [0.2, 0.25) is 6.20 Å². The van der Waals surface area contributed by atoms with Crippen molar-refractivity contribution in [1.82, 2.24) is 0 Å². The predicted molar refractivity (Wildman–Crippen MR) is 44.2 cm³/mol. The summed E-state index contributed by atoms with van der Waals surface area (Å²) in [6, 6.07) is 3.49. The molecule has 0 radical (unpaired) electrons. The fourth-order valence-electron chi connectivity index (χ4n) is 0.954. The van der Waals surface area contributed by atoms with E-state index in [4.69, 9.17) is 11.6 Å². The molecule has 2 nitrogen and oxygen atoms in total. The number of hydrogen-bond acceptors (Lipinski definition) is 2. The molecule has 0 bridgehead atoms. The van der Waals surface area contributed by atoms with Gasteiger partial charge in [-0.2, -0.15) is 0 Å². The van der Waals surface area contributed by atoms with Crippen molar-refractivity contribution in [2.75, 3.05) is 0 Å². The van der Waals surface area contributed by atoms with E-state index in [-0.39, 0.29) is 0 Å². The molecule has 0 fully saturated rings. The Kier molecular flexibility index (Phi) is 1.47. The number of fused-ring (bicyclic) bond motifs is 1. The van der Waals surface area contributed by atoms with Gasteiger partial charge < -0.3 is 0 Å². The zero-order chi connectivity index (χ0) is 7.84. The van der Waals surface area contributed by atoms with Crippen LogP contribution in [-0.2, 0) is 0 Å². The zero-order valence-corrected chi connectivity index (χ0v) is 7.06. The minimum atomic E-state index is 0.681. The van der Waals surface area contributed by atoms with Gasteiger partial charge >= 0.3 is 0 Å². The molecule has 2 heterocycles. The average Bonchev–Trinajstić information content (AvgIpc) is 2.45. The first-order chi connectivity index (χ1) is 5.29. The van der Waals surface area contributed by atoms with Gasteiger partial charge in [0.1, 0.15) is 4.70 Å². The van der Waals surface area contributed by atoms with Gasteiger partial charge in [0.25, 0.3) is 5.52 Å². The molecule has 0 saturated heterocycles. The Morgan fingerprint density at radius 3 is 3.00 bits per heavy atom. The Hall–Kier alpha value is -0.800. The van der Waals surface area contributed by atoms with Gasteiger partial charge in [-0.05, 0) is 5.38 Å². The molecule has 1 N–H and O–H groups in total. The molecule has 0 amide bonds. The molecule has 2 rings (SSSR count). The van der Waals surface area contributed by atoms with E-state index in [2.05, 4.69) is 0 Å². The molecule has 0 spiro atoms. The first-order valence-electron chi connectivity index (χ1n) is 3.05. The van der Waals surface area contributed by atoms with Crippen LogP contribution in [-0.4, -0.2) is 5.21 Å². The maximum absolute atomic E-state index is 9.25. The third-order valence-electron chi connectivity index (χ3n) is 1.47. The van der Waals surface area contributed by atoms with E-state index in [9.17, 15) is 5.21 Å². The lowest BCUT2D eigenvalue weighted by Crippen LogP contribution is -2.29. The molecule has 0 unspecified atom stereocenters. The van der Waals surface area contributed by atoms with Crippen LogP contribution in [0, 0.1) is 0 Å². The van der Waals surface area contributed by atoms with Crippen LogP contribution in [0.15, 0.2) is 23.7 Å². The van der Waals surface area contributed by atoms with E-state index in [1.807, 2.05) is 11.4 Å². The number of aromatic nitrogens is 1. The molecule has 4 heteroatoms. The summed E-state index contributed by atoms with van der Waals surface area (Å²) in [5.74, 6) is 0. The molecule has 11 heavy (non-hydrogen) atoms. The molecule has 0 aliphatic heterocycles. The highest BCUT2D eigenvalue weighted by molar-refractivity contribution is 7.17. The van der Waals surface area contributed by atoms with E-state index in [0.29, 0.717) is 5.02 Å². The summed E-state index contributed by atoms with van der Waals surface area (Å²) in [6.07, 6.45) is 1.53. The van der Waals surface area contributed by atoms with Crippen LogP contribution in [0.5, 0.6) is 0 Å². The summed E-state index contributed by atoms with van der Waals surface area (Å²) in [4.78, 5) is 0. The van der Waals surface area contributed by atoms with Crippen molar-refractivity contribution in [2.45, 2.75) is 0 Å². The van der Waals surface area contributed by atoms with E-state index in [0.717, 1.165) is 14.9 Å². The number of rotatable bonds is 0. The Labute approximate surface area is 72.2 Å². The van der Waals surface area contributed by atoms with Crippen molar-refractivity contribution in [3.63, 3.8) is 0 Å². The molecule has 2 aromatic heterocycles. The van der Waals surface area contributed by atoms with Crippen LogP contribution >= 0.6 is 22.9 Å². The van der Waals surface area contributed by atoms with Crippen molar-refractivity contribution >= 4 is 33.2 Å². The van der Waals surface area contributed by atoms with E-state index >= 15 is 0 Å². The summed E-state index contributed by atoms with van der Waals surface area (Å²) in [7, 11) is 0. The smallest absolute Gasteiger partial charge is 0.276 e. The van der Waals surface area contributed by atoms with Gasteiger partial charge in [0, 0.05) is 16.9 Å². The Bertz CT molecular complexity index is 362. The largest absolute Gasteiger partial charge is 0.284 e. The third-order valence-corrected chi connectivity index (χ3v) is 2.83. The Morgan fingerprint density at radius 2 is 2.27 bits per heavy atom. The highest BCUT2D eigenvalue weighted by atomic mass is 35.5. The van der Waals surface area contributed by atoms with Crippen LogP contribution in [0.3, 0.4) is 0 Å². The second kappa shape index (κ2) is 2.36. The average molecular weight is 187 g/mol. The Morgan fingerprint density at radius 1 is 1.45 bits per heavy atom. The van der Waals surface area contributed by atoms with Crippen molar-refractivity contribution in [1.29, 1.82) is 0 Å². The van der Waals surface area contributed by atoms with E-state index < -0.39 is 0 Å². The minimum Gasteiger partial charge on any atom is -0.284 e. The normalized spacial score (nSPS) is 10.6. The molecular weight excluding hydrogens is 182 g/mol. The summed E-state index contributed by atoms with van der Waals surface area (Å²) in [6.45, 7) is 0. The molecule has 2 aromatic rings. The summed E-state index contributed by atoms with van der Waals surface area (Å²) in [5.41, 5.74) is 0.752. The number of nitrogens with zero attached hydrogens (tertiary/aromatic N) is 1. The number of halogens is 1. The highest BCUT2D eigenvalue weighted by Crippen LogP contribution is 2.24. The number of thiophene rings is 1. The van der Waals surface area contributed by atoms with E-state index in [1.54, 1.807) is 6.07 Å². The Balaban J connectivity index is 2.96. The fraction of sp³-hybridized carbons (Fsp3) is 0. The molecule has 0 atom stereocenters. The first-order valence-corrected chi connectivity index (χ1v) is 4.31. The van der Waals surface area contributed by atoms with Crippen LogP contribution in [0.4, 0.5) is 0 Å². The van der Waals surface area contributed by atoms with Crippen LogP contribution in [0.1, 0.15) is 0 Å². The summed E-state index contributed by atoms with van der Waals surface area (Å²) < 4.78 is 1.98. The molecule has 0 aliphatic rings. The second-order valence-corrected chi connectivity index (χ2v) is 3.47. The number of hydrogen-bond donors (Lipinski definition) is 1. The number of pyridine rings is 1. The molecule has 56 valence electrons. The lowest BCUT2D eigenvalue weighted by Gasteiger charge is -1.87. The monoisotopic (exact) mass is 186 g/mol. The fourth-order valence-corrected chi connectivity index (χ4v) is 2.04. The lowest BCUT2D eigenvalue weighted by molar-refractivity contribution is -0.884. The maximum atomic E-state index is 9.25. The van der Waals surface area contributed by atoms with Crippen LogP contribution < -0.4 is 4.73 Å². The minimum absolute atomic E-state index is 0.681. The molecule has 0 aliphatic carbocycles. The third kappa shape index (κ3) is 0.968. The standard InChI is InChI=1S/C7H5ClNOS/c8-5-1-3-9(10)6-2-4-11-7(5)6/h1-4,10H/q+1. The zero-order valence-electron chi connectivity index (χ0n) is 5.49. The van der Waals surface area contributed by atoms with Crippen LogP contribution in [0.2, 0.25) is 5.02 Å². The summed E-state index contributed by atoms with van der Waals surface area (Å²) >= 11 is 7.37. The van der Waals surface area contributed by atoms with Gasteiger partial charge in [-0.15, -0.1) is 11.3 Å². The van der Waals surface area contributed by atoms with Crippen molar-refractivity contribution < 1.29 is 9.94 Å². The maximum Gasteiger partial charge on any atom is 0.276 e. The predicted octanol–water partition coefficient (Wildman–Crippen LogP) is 2.08. The van der Waals surface area contributed by atoms with Crippen molar-refractivity contribution in [2.24, 2.45) is 0 Å². The van der Waals surface area contributed by atoms with Gasteiger partial charge in [0.05, 0.1) is 5.02 Å². The quantitative estimate of drug-likeness (QED) is 0.495. The van der Waals surface area contributed by atoms with Gasteiger partial charge in [-0.1, -0.05) is 11.6 Å². The van der Waals surface area contributed by atoms with Crippen LogP contribution in [0.25, 0.3) is 10.2 Å². The second-order valence-electron chi connectivity index (χ2n) is 2.14. The topological polar surface area (TPSA) is 24.1 Å². The highest BCUT2D eigenvalue weighted by Gasteiger charge is 2.11. The van der Waals surface area contributed by atoms with Crippen molar-refractivity contribution in [3.05, 3.63) is 28.7 Å². The molecule has 0 aromatic carbocycles. The van der Waals surface area contributed by atoms with E-state index in [1.165, 1.54) is 17.5 Å². The van der Waals surface area contributed by atoms with Crippen molar-refractivity contribution in [3.8, 4) is 0 Å². The molecule has 0 saturated carbocycles. The lowest BCUT2D eigenvalue weighted by atomic mass is 10.4. The molecular formula is C7H5ClNOS+. The van der Waals surface area contributed by atoms with Gasteiger partial charge in [0.15, 0.2) is 0 Å². The van der Waals surface area contributed by atoms with Gasteiger partial charge in [-0.25, -0.2) is 0 Å².